The molecule has 25 heavy (non-hydrogen) atoms. The lowest BCUT2D eigenvalue weighted by Crippen LogP contribution is -2.47. The molecule has 2 fully saturated rings. The lowest BCUT2D eigenvalue weighted by atomic mass is 9.84. The Morgan fingerprint density at radius 2 is 2.08 bits per heavy atom. The summed E-state index contributed by atoms with van der Waals surface area (Å²) in [6, 6.07) is 7.75. The number of esters is 1. The first-order valence-electron chi connectivity index (χ1n) is 8.96. The van der Waals surface area contributed by atoms with Crippen LogP contribution >= 0.6 is 0 Å². The Morgan fingerprint density at radius 3 is 2.88 bits per heavy atom. The number of fused-ring (bicyclic) bond motifs is 3. The first kappa shape index (κ1) is 16.1. The maximum atomic E-state index is 12.4. The highest BCUT2D eigenvalue weighted by Crippen LogP contribution is 2.48. The largest absolute Gasteiger partial charge is 0.469 e. The zero-order chi connectivity index (χ0) is 17.4. The van der Waals surface area contributed by atoms with Gasteiger partial charge in [-0.15, -0.1) is 0 Å². The van der Waals surface area contributed by atoms with Gasteiger partial charge in [0.2, 0.25) is 5.91 Å². The number of aromatic nitrogens is 2. The third-order valence-corrected chi connectivity index (χ3v) is 5.74. The molecule has 0 radical (unpaired) electrons. The molecule has 1 amide bonds. The standard InChI is InChI=1S/C19H23N3O3/c1-25-19(24)17-11-6-7-12(10-11)18(17)22-16(23)9-8-15-20-13-4-2-3-5-14(13)21-15/h2-5,11-12,17-18H,6-10H2,1H3,(H,20,21)(H,22,23)/t11-,12-,17+,18+/m0/s1. The summed E-state index contributed by atoms with van der Waals surface area (Å²) in [4.78, 5) is 32.2. The van der Waals surface area contributed by atoms with E-state index < -0.39 is 0 Å². The van der Waals surface area contributed by atoms with Gasteiger partial charge in [0, 0.05) is 18.9 Å². The Morgan fingerprint density at radius 1 is 1.28 bits per heavy atom. The Kier molecular flexibility index (Phi) is 4.19. The van der Waals surface area contributed by atoms with E-state index in [1.165, 1.54) is 7.11 Å². The number of carbonyl (C=O) groups is 2. The number of nitrogens with zero attached hydrogens (tertiary/aromatic N) is 1. The number of rotatable bonds is 5. The van der Waals surface area contributed by atoms with Crippen LogP contribution in [0.5, 0.6) is 0 Å². The van der Waals surface area contributed by atoms with Crippen LogP contribution in [0.3, 0.4) is 0 Å². The van der Waals surface area contributed by atoms with Crippen molar-refractivity contribution in [3.63, 3.8) is 0 Å². The third-order valence-electron chi connectivity index (χ3n) is 5.74. The minimum absolute atomic E-state index is 0.0214. The van der Waals surface area contributed by atoms with E-state index in [0.29, 0.717) is 24.7 Å². The first-order chi connectivity index (χ1) is 12.2. The van der Waals surface area contributed by atoms with Crippen LogP contribution in [-0.4, -0.2) is 35.0 Å². The molecule has 2 aliphatic carbocycles. The Hall–Kier alpha value is -2.37. The molecule has 2 bridgehead atoms. The first-order valence-corrected chi connectivity index (χ1v) is 8.96. The maximum Gasteiger partial charge on any atom is 0.311 e. The van der Waals surface area contributed by atoms with Crippen LogP contribution < -0.4 is 5.32 Å². The smallest absolute Gasteiger partial charge is 0.311 e. The Balaban J connectivity index is 1.37. The van der Waals surface area contributed by atoms with E-state index in [-0.39, 0.29) is 23.8 Å². The van der Waals surface area contributed by atoms with E-state index in [4.69, 9.17) is 4.74 Å². The lowest BCUT2D eigenvalue weighted by molar-refractivity contribution is -0.148. The van der Waals surface area contributed by atoms with Crippen molar-refractivity contribution in [3.8, 4) is 0 Å². The number of amides is 1. The predicted octanol–water partition coefficient (Wildman–Crippen LogP) is 2.20. The molecule has 2 aliphatic rings. The molecule has 0 unspecified atom stereocenters. The summed E-state index contributed by atoms with van der Waals surface area (Å²) in [5, 5.41) is 3.10. The normalized spacial score (nSPS) is 27.6. The van der Waals surface area contributed by atoms with Crippen molar-refractivity contribution in [2.75, 3.05) is 7.11 Å². The lowest BCUT2D eigenvalue weighted by Gasteiger charge is -2.29. The number of imidazole rings is 1. The maximum absolute atomic E-state index is 12.4. The van der Waals surface area contributed by atoms with Crippen molar-refractivity contribution >= 4 is 22.9 Å². The number of aryl methyl sites for hydroxylation is 1. The van der Waals surface area contributed by atoms with Crippen LogP contribution in [0.4, 0.5) is 0 Å². The number of hydrogen-bond acceptors (Lipinski definition) is 4. The Bertz CT molecular complexity index is 767. The van der Waals surface area contributed by atoms with Crippen LogP contribution in [-0.2, 0) is 20.7 Å². The van der Waals surface area contributed by atoms with Crippen LogP contribution in [0, 0.1) is 17.8 Å². The van der Waals surface area contributed by atoms with Gasteiger partial charge in [0.15, 0.2) is 0 Å². The second kappa shape index (κ2) is 6.50. The Labute approximate surface area is 146 Å². The van der Waals surface area contributed by atoms with Crippen LogP contribution in [0.15, 0.2) is 24.3 Å². The van der Waals surface area contributed by atoms with E-state index in [0.717, 1.165) is 36.1 Å². The average molecular weight is 341 g/mol. The zero-order valence-electron chi connectivity index (χ0n) is 14.3. The fourth-order valence-electron chi connectivity index (χ4n) is 4.59. The number of carbonyl (C=O) groups excluding carboxylic acids is 2. The van der Waals surface area contributed by atoms with E-state index >= 15 is 0 Å². The van der Waals surface area contributed by atoms with Gasteiger partial charge in [-0.25, -0.2) is 4.98 Å². The highest BCUT2D eigenvalue weighted by molar-refractivity contribution is 5.80. The molecule has 4 atom stereocenters. The number of benzene rings is 1. The summed E-state index contributed by atoms with van der Waals surface area (Å²) in [7, 11) is 1.43. The molecule has 1 aromatic heterocycles. The molecule has 6 heteroatoms. The summed E-state index contributed by atoms with van der Waals surface area (Å²) in [5.41, 5.74) is 1.90. The summed E-state index contributed by atoms with van der Waals surface area (Å²) < 4.78 is 4.96. The monoisotopic (exact) mass is 341 g/mol. The molecule has 132 valence electrons. The van der Waals surface area contributed by atoms with Gasteiger partial charge in [0.05, 0.1) is 24.1 Å². The van der Waals surface area contributed by atoms with Gasteiger partial charge in [-0.3, -0.25) is 9.59 Å². The summed E-state index contributed by atoms with van der Waals surface area (Å²) in [6.45, 7) is 0. The van der Waals surface area contributed by atoms with Crippen molar-refractivity contribution in [1.29, 1.82) is 0 Å². The second-order valence-electron chi connectivity index (χ2n) is 7.18. The molecular weight excluding hydrogens is 318 g/mol. The molecule has 0 spiro atoms. The van der Waals surface area contributed by atoms with E-state index in [9.17, 15) is 9.59 Å². The quantitative estimate of drug-likeness (QED) is 0.817. The SMILES string of the molecule is COC(=O)[C@@H]1[C@H]2CC[C@@H](C2)[C@H]1NC(=O)CCc1nc2ccccc2[nH]1. The van der Waals surface area contributed by atoms with Crippen molar-refractivity contribution in [1.82, 2.24) is 15.3 Å². The minimum Gasteiger partial charge on any atom is -0.469 e. The molecule has 1 heterocycles. The second-order valence-corrected chi connectivity index (χ2v) is 7.18. The molecule has 2 aromatic rings. The van der Waals surface area contributed by atoms with Gasteiger partial charge in [0.1, 0.15) is 5.82 Å². The van der Waals surface area contributed by atoms with Crippen molar-refractivity contribution in [3.05, 3.63) is 30.1 Å². The molecule has 0 saturated heterocycles. The predicted molar refractivity (Wildman–Crippen MR) is 92.7 cm³/mol. The van der Waals surface area contributed by atoms with Gasteiger partial charge in [-0.05, 0) is 43.2 Å². The third kappa shape index (κ3) is 3.01. The average Bonchev–Trinajstić information content (AvgIpc) is 3.33. The number of aromatic amines is 1. The van der Waals surface area contributed by atoms with E-state index in [1.807, 2.05) is 24.3 Å². The van der Waals surface area contributed by atoms with Gasteiger partial charge in [-0.1, -0.05) is 12.1 Å². The molecule has 2 saturated carbocycles. The minimum atomic E-state index is -0.185. The number of methoxy groups -OCH3 is 1. The van der Waals surface area contributed by atoms with Gasteiger partial charge < -0.3 is 15.0 Å². The van der Waals surface area contributed by atoms with Crippen LogP contribution in [0.25, 0.3) is 11.0 Å². The summed E-state index contributed by atoms with van der Waals surface area (Å²) >= 11 is 0. The fourth-order valence-corrected chi connectivity index (χ4v) is 4.59. The highest BCUT2D eigenvalue weighted by Gasteiger charge is 2.51. The van der Waals surface area contributed by atoms with Crippen LogP contribution in [0.2, 0.25) is 0 Å². The van der Waals surface area contributed by atoms with E-state index in [1.54, 1.807) is 0 Å². The van der Waals surface area contributed by atoms with Gasteiger partial charge >= 0.3 is 5.97 Å². The van der Waals surface area contributed by atoms with Crippen LogP contribution in [0.1, 0.15) is 31.5 Å². The summed E-state index contributed by atoms with van der Waals surface area (Å²) in [6.07, 6.45) is 4.10. The molecule has 1 aromatic carbocycles. The fraction of sp³-hybridized carbons (Fsp3) is 0.526. The highest BCUT2D eigenvalue weighted by atomic mass is 16.5. The van der Waals surface area contributed by atoms with Gasteiger partial charge in [0.25, 0.3) is 0 Å². The van der Waals surface area contributed by atoms with Crippen molar-refractivity contribution in [2.45, 2.75) is 38.1 Å². The number of H-pyrrole nitrogens is 1. The molecular formula is C19H23N3O3. The van der Waals surface area contributed by atoms with E-state index in [2.05, 4.69) is 15.3 Å². The number of para-hydroxylation sites is 2. The summed E-state index contributed by atoms with van der Waals surface area (Å²) in [5.74, 6) is 1.19. The molecule has 0 aliphatic heterocycles. The molecule has 6 nitrogen and oxygen atoms in total. The molecule has 4 rings (SSSR count). The topological polar surface area (TPSA) is 84.1 Å². The zero-order valence-corrected chi connectivity index (χ0v) is 14.3. The van der Waals surface area contributed by atoms with Gasteiger partial charge in [-0.2, -0.15) is 0 Å². The number of ether oxygens (including phenoxy) is 1. The number of hydrogen-bond donors (Lipinski definition) is 2. The molecule has 2 N–H and O–H groups in total. The van der Waals surface area contributed by atoms with Crippen molar-refractivity contribution in [2.24, 2.45) is 17.8 Å². The number of nitrogens with one attached hydrogen (secondary N) is 2. The van der Waals surface area contributed by atoms with Crippen molar-refractivity contribution < 1.29 is 14.3 Å².